The third kappa shape index (κ3) is 3.51. The maximum atomic E-state index is 10.6. The van der Waals surface area contributed by atoms with E-state index in [1.165, 1.54) is 17.8 Å². The van der Waals surface area contributed by atoms with Crippen molar-refractivity contribution < 1.29 is 4.92 Å². The van der Waals surface area contributed by atoms with Crippen LogP contribution in [-0.4, -0.2) is 9.91 Å². The van der Waals surface area contributed by atoms with Crippen molar-refractivity contribution in [2.75, 3.05) is 5.32 Å². The second-order valence-electron chi connectivity index (χ2n) is 4.12. The van der Waals surface area contributed by atoms with Crippen LogP contribution in [0.5, 0.6) is 0 Å². The van der Waals surface area contributed by atoms with Gasteiger partial charge in [-0.15, -0.1) is 0 Å². The van der Waals surface area contributed by atoms with Gasteiger partial charge in [0.05, 0.1) is 9.40 Å². The Balaban J connectivity index is 2.10. The first kappa shape index (κ1) is 13.5. The monoisotopic (exact) mass is 321 g/mol. The highest BCUT2D eigenvalue weighted by Gasteiger charge is 2.10. The largest absolute Gasteiger partial charge is 0.365 e. The van der Waals surface area contributed by atoms with Gasteiger partial charge in [0, 0.05) is 12.6 Å². The molecule has 1 aromatic carbocycles. The predicted molar refractivity (Wildman–Crippen MR) is 77.1 cm³/mol. The number of hydrogen-bond donors (Lipinski definition) is 1. The van der Waals surface area contributed by atoms with Gasteiger partial charge in [0.25, 0.3) is 5.69 Å². The van der Waals surface area contributed by atoms with Gasteiger partial charge in [0.2, 0.25) is 0 Å². The molecule has 0 radical (unpaired) electrons. The molecule has 0 aliphatic rings. The lowest BCUT2D eigenvalue weighted by Crippen LogP contribution is -2.03. The Kier molecular flexibility index (Phi) is 4.11. The molecule has 0 atom stereocenters. The lowest BCUT2D eigenvalue weighted by Gasteiger charge is -2.07. The Morgan fingerprint density at radius 2 is 2.21 bits per heavy atom. The lowest BCUT2D eigenvalue weighted by atomic mass is 10.1. The zero-order valence-electron chi connectivity index (χ0n) is 10.3. The van der Waals surface area contributed by atoms with Gasteiger partial charge >= 0.3 is 0 Å². The number of benzene rings is 1. The highest BCUT2D eigenvalue weighted by molar-refractivity contribution is 9.10. The van der Waals surface area contributed by atoms with E-state index in [0.717, 1.165) is 5.56 Å². The van der Waals surface area contributed by atoms with Gasteiger partial charge in [-0.1, -0.05) is 29.8 Å². The Labute approximate surface area is 119 Å². The summed E-state index contributed by atoms with van der Waals surface area (Å²) in [4.78, 5) is 14.2. The molecule has 0 aliphatic heterocycles. The van der Waals surface area contributed by atoms with Crippen LogP contribution in [0.25, 0.3) is 0 Å². The van der Waals surface area contributed by atoms with Gasteiger partial charge in [-0.25, -0.2) is 4.98 Å². The van der Waals surface area contributed by atoms with Crippen molar-refractivity contribution in [1.29, 1.82) is 0 Å². The molecule has 5 nitrogen and oxygen atoms in total. The van der Waals surface area contributed by atoms with E-state index in [4.69, 9.17) is 0 Å². The third-order valence-electron chi connectivity index (χ3n) is 2.58. The average Bonchev–Trinajstić information content (AvgIpc) is 2.37. The number of nitro groups is 1. The second kappa shape index (κ2) is 5.79. The Morgan fingerprint density at radius 1 is 1.42 bits per heavy atom. The molecule has 0 amide bonds. The van der Waals surface area contributed by atoms with Gasteiger partial charge in [-0.05, 0) is 28.4 Å². The minimum absolute atomic E-state index is 0.0343. The van der Waals surface area contributed by atoms with Gasteiger partial charge in [0.1, 0.15) is 12.0 Å². The van der Waals surface area contributed by atoms with Crippen LogP contribution in [-0.2, 0) is 6.54 Å². The summed E-state index contributed by atoms with van der Waals surface area (Å²) >= 11 is 3.27. The third-order valence-corrected chi connectivity index (χ3v) is 3.18. The molecule has 6 heteroatoms. The number of anilines is 1. The summed E-state index contributed by atoms with van der Waals surface area (Å²) < 4.78 is 0.578. The molecule has 0 saturated heterocycles. The number of nitrogens with zero attached hydrogens (tertiary/aromatic N) is 2. The van der Waals surface area contributed by atoms with Crippen LogP contribution in [0.2, 0.25) is 0 Å². The van der Waals surface area contributed by atoms with Crippen molar-refractivity contribution in [2.45, 2.75) is 13.5 Å². The predicted octanol–water partition coefficient (Wildman–Crippen LogP) is 3.67. The standard InChI is InChI=1S/C13H12BrN3O2/c1-9-3-2-4-10(5-9)7-15-13-12(14)6-11(8-16-13)17(18)19/h2-6,8H,7H2,1H3,(H,15,16). The zero-order chi connectivity index (χ0) is 13.8. The van der Waals surface area contributed by atoms with Crippen molar-refractivity contribution in [3.8, 4) is 0 Å². The van der Waals surface area contributed by atoms with E-state index in [9.17, 15) is 10.1 Å². The summed E-state index contributed by atoms with van der Waals surface area (Å²) in [6.07, 6.45) is 1.24. The summed E-state index contributed by atoms with van der Waals surface area (Å²) in [5, 5.41) is 13.7. The summed E-state index contributed by atoms with van der Waals surface area (Å²) in [6.45, 7) is 2.65. The van der Waals surface area contributed by atoms with Crippen LogP contribution in [0.3, 0.4) is 0 Å². The van der Waals surface area contributed by atoms with E-state index in [2.05, 4.69) is 32.3 Å². The first-order valence-electron chi connectivity index (χ1n) is 5.65. The van der Waals surface area contributed by atoms with Crippen LogP contribution < -0.4 is 5.32 Å². The normalized spacial score (nSPS) is 10.2. The van der Waals surface area contributed by atoms with Gasteiger partial charge in [0.15, 0.2) is 0 Å². The molecule has 0 spiro atoms. The maximum Gasteiger partial charge on any atom is 0.288 e. The van der Waals surface area contributed by atoms with Crippen LogP contribution in [0.15, 0.2) is 41.0 Å². The van der Waals surface area contributed by atoms with Gasteiger partial charge in [-0.2, -0.15) is 0 Å². The molecule has 2 rings (SSSR count). The van der Waals surface area contributed by atoms with E-state index in [1.54, 1.807) is 0 Å². The topological polar surface area (TPSA) is 68.1 Å². The zero-order valence-corrected chi connectivity index (χ0v) is 11.8. The first-order chi connectivity index (χ1) is 9.06. The van der Waals surface area contributed by atoms with E-state index < -0.39 is 4.92 Å². The summed E-state index contributed by atoms with van der Waals surface area (Å²) in [5.41, 5.74) is 2.29. The van der Waals surface area contributed by atoms with Crippen LogP contribution >= 0.6 is 15.9 Å². The summed E-state index contributed by atoms with van der Waals surface area (Å²) in [7, 11) is 0. The Bertz CT molecular complexity index is 617. The molecule has 0 fully saturated rings. The number of hydrogen-bond acceptors (Lipinski definition) is 4. The fourth-order valence-corrected chi connectivity index (χ4v) is 2.14. The average molecular weight is 322 g/mol. The molecule has 1 N–H and O–H groups in total. The SMILES string of the molecule is Cc1cccc(CNc2ncc([N+](=O)[O-])cc2Br)c1. The van der Waals surface area contributed by atoms with Crippen molar-refractivity contribution in [3.63, 3.8) is 0 Å². The quantitative estimate of drug-likeness (QED) is 0.689. The minimum Gasteiger partial charge on any atom is -0.365 e. The molecule has 2 aromatic rings. The molecular weight excluding hydrogens is 310 g/mol. The number of nitrogens with one attached hydrogen (secondary N) is 1. The van der Waals surface area contributed by atoms with Crippen molar-refractivity contribution >= 4 is 27.4 Å². The first-order valence-corrected chi connectivity index (χ1v) is 6.45. The Hall–Kier alpha value is -1.95. The number of aromatic nitrogens is 1. The Morgan fingerprint density at radius 3 is 2.84 bits per heavy atom. The fraction of sp³-hybridized carbons (Fsp3) is 0.154. The number of rotatable bonds is 4. The maximum absolute atomic E-state index is 10.6. The number of halogens is 1. The molecular formula is C13H12BrN3O2. The molecule has 0 aliphatic carbocycles. The van der Waals surface area contributed by atoms with Crippen molar-refractivity contribution in [1.82, 2.24) is 4.98 Å². The van der Waals surface area contributed by atoms with E-state index in [0.29, 0.717) is 16.8 Å². The second-order valence-corrected chi connectivity index (χ2v) is 4.98. The number of aryl methyl sites for hydroxylation is 1. The van der Waals surface area contributed by atoms with Gasteiger partial charge < -0.3 is 5.32 Å². The highest BCUT2D eigenvalue weighted by atomic mass is 79.9. The lowest BCUT2D eigenvalue weighted by molar-refractivity contribution is -0.385. The molecule has 0 bridgehead atoms. The molecule has 0 saturated carbocycles. The van der Waals surface area contributed by atoms with Crippen molar-refractivity contribution in [3.05, 3.63) is 62.2 Å². The summed E-state index contributed by atoms with van der Waals surface area (Å²) in [5.74, 6) is 0.590. The summed E-state index contributed by atoms with van der Waals surface area (Å²) in [6, 6.07) is 9.55. The van der Waals surface area contributed by atoms with E-state index in [1.807, 2.05) is 25.1 Å². The molecule has 1 heterocycles. The molecule has 19 heavy (non-hydrogen) atoms. The van der Waals surface area contributed by atoms with E-state index >= 15 is 0 Å². The van der Waals surface area contributed by atoms with Gasteiger partial charge in [-0.3, -0.25) is 10.1 Å². The number of pyridine rings is 1. The van der Waals surface area contributed by atoms with Crippen molar-refractivity contribution in [2.24, 2.45) is 0 Å². The fourth-order valence-electron chi connectivity index (χ4n) is 1.67. The van der Waals surface area contributed by atoms with E-state index in [-0.39, 0.29) is 5.69 Å². The molecule has 0 unspecified atom stereocenters. The molecule has 1 aromatic heterocycles. The molecule has 98 valence electrons. The van der Waals surface area contributed by atoms with Crippen LogP contribution in [0.1, 0.15) is 11.1 Å². The van der Waals surface area contributed by atoms with Crippen LogP contribution in [0, 0.1) is 17.0 Å². The highest BCUT2D eigenvalue weighted by Crippen LogP contribution is 2.24. The minimum atomic E-state index is -0.470. The van der Waals surface area contributed by atoms with Crippen LogP contribution in [0.4, 0.5) is 11.5 Å². The smallest absolute Gasteiger partial charge is 0.288 e.